The maximum Gasteiger partial charge on any atom is 0.0357 e. The highest BCUT2D eigenvalue weighted by atomic mass is 15.2. The maximum atomic E-state index is 3.52. The lowest BCUT2D eigenvalue weighted by molar-refractivity contribution is 0.235. The number of H-pyrrole nitrogens is 1. The van der Waals surface area contributed by atoms with Crippen molar-refractivity contribution in [2.24, 2.45) is 0 Å². The second kappa shape index (κ2) is 5.30. The summed E-state index contributed by atoms with van der Waals surface area (Å²) in [5, 5.41) is 6.97. The predicted octanol–water partition coefficient (Wildman–Crippen LogP) is 0.00790. The molecular weight excluding hydrogens is 188 g/mol. The lowest BCUT2D eigenvalue weighted by atomic mass is 10.2. The van der Waals surface area contributed by atoms with Crippen LogP contribution in [0, 0.1) is 0 Å². The Hall–Kier alpha value is -0.840. The second-order valence-electron chi connectivity index (χ2n) is 4.24. The SMILES string of the molecule is CN1CCNC(CNCc2ccc[nH]2)C1. The van der Waals surface area contributed by atoms with E-state index in [1.54, 1.807) is 0 Å². The van der Waals surface area contributed by atoms with Crippen LogP contribution in [0.1, 0.15) is 5.69 Å². The summed E-state index contributed by atoms with van der Waals surface area (Å²) in [4.78, 5) is 5.56. The van der Waals surface area contributed by atoms with E-state index >= 15 is 0 Å². The molecule has 0 spiro atoms. The number of hydrogen-bond donors (Lipinski definition) is 3. The number of nitrogens with one attached hydrogen (secondary N) is 3. The van der Waals surface area contributed by atoms with E-state index < -0.39 is 0 Å². The molecule has 4 nitrogen and oxygen atoms in total. The van der Waals surface area contributed by atoms with Crippen molar-refractivity contribution in [2.75, 3.05) is 33.2 Å². The molecular formula is C11H20N4. The Morgan fingerprint density at radius 3 is 3.27 bits per heavy atom. The lowest BCUT2D eigenvalue weighted by Gasteiger charge is -2.31. The highest BCUT2D eigenvalue weighted by Gasteiger charge is 2.15. The fraction of sp³-hybridized carbons (Fsp3) is 0.636. The van der Waals surface area contributed by atoms with Gasteiger partial charge in [0.05, 0.1) is 0 Å². The molecule has 1 aromatic heterocycles. The van der Waals surface area contributed by atoms with Gasteiger partial charge in [-0.05, 0) is 19.2 Å². The molecule has 15 heavy (non-hydrogen) atoms. The summed E-state index contributed by atoms with van der Waals surface area (Å²) < 4.78 is 0. The molecule has 84 valence electrons. The summed E-state index contributed by atoms with van der Waals surface area (Å²) in [6, 6.07) is 4.72. The first-order valence-corrected chi connectivity index (χ1v) is 5.59. The third kappa shape index (κ3) is 3.34. The minimum absolute atomic E-state index is 0.582. The fourth-order valence-corrected chi connectivity index (χ4v) is 1.99. The standard InChI is InChI=1S/C11H20N4/c1-15-6-5-14-11(9-15)8-12-7-10-3-2-4-13-10/h2-4,11-14H,5-9H2,1H3. The molecule has 0 aromatic carbocycles. The Morgan fingerprint density at radius 2 is 2.53 bits per heavy atom. The van der Waals surface area contributed by atoms with E-state index in [-0.39, 0.29) is 0 Å². The third-order valence-electron chi connectivity index (χ3n) is 2.83. The van der Waals surface area contributed by atoms with Gasteiger partial charge in [0.15, 0.2) is 0 Å². The van der Waals surface area contributed by atoms with Gasteiger partial charge in [0, 0.05) is 50.7 Å². The molecule has 0 aliphatic carbocycles. The summed E-state index contributed by atoms with van der Waals surface area (Å²) in [5.41, 5.74) is 1.25. The predicted molar refractivity (Wildman–Crippen MR) is 61.8 cm³/mol. The van der Waals surface area contributed by atoms with Crippen LogP contribution in [0.2, 0.25) is 0 Å². The normalized spacial score (nSPS) is 23.1. The van der Waals surface area contributed by atoms with E-state index in [1.807, 2.05) is 12.3 Å². The molecule has 0 radical (unpaired) electrons. The summed E-state index contributed by atoms with van der Waals surface area (Å²) in [6.45, 7) is 5.36. The molecule has 1 fully saturated rings. The van der Waals surface area contributed by atoms with Crippen molar-refractivity contribution >= 4 is 0 Å². The zero-order valence-corrected chi connectivity index (χ0v) is 9.29. The van der Waals surface area contributed by atoms with Crippen molar-refractivity contribution < 1.29 is 0 Å². The first-order valence-electron chi connectivity index (χ1n) is 5.59. The smallest absolute Gasteiger partial charge is 0.0357 e. The van der Waals surface area contributed by atoms with Gasteiger partial charge in [-0.15, -0.1) is 0 Å². The van der Waals surface area contributed by atoms with Gasteiger partial charge < -0.3 is 20.5 Å². The second-order valence-corrected chi connectivity index (χ2v) is 4.24. The van der Waals surface area contributed by atoms with E-state index in [2.05, 4.69) is 33.6 Å². The van der Waals surface area contributed by atoms with Gasteiger partial charge in [-0.25, -0.2) is 0 Å². The van der Waals surface area contributed by atoms with Gasteiger partial charge in [0.25, 0.3) is 0 Å². The lowest BCUT2D eigenvalue weighted by Crippen LogP contribution is -2.52. The Bertz CT molecular complexity index is 270. The number of aromatic nitrogens is 1. The van der Waals surface area contributed by atoms with Crippen LogP contribution in [0.3, 0.4) is 0 Å². The largest absolute Gasteiger partial charge is 0.364 e. The van der Waals surface area contributed by atoms with Crippen molar-refractivity contribution in [1.82, 2.24) is 20.5 Å². The van der Waals surface area contributed by atoms with Crippen LogP contribution in [0.4, 0.5) is 0 Å². The van der Waals surface area contributed by atoms with Crippen LogP contribution in [-0.4, -0.2) is 49.2 Å². The van der Waals surface area contributed by atoms with Gasteiger partial charge in [0.1, 0.15) is 0 Å². The molecule has 1 aromatic rings. The van der Waals surface area contributed by atoms with Crippen molar-refractivity contribution in [2.45, 2.75) is 12.6 Å². The monoisotopic (exact) mass is 208 g/mol. The average molecular weight is 208 g/mol. The summed E-state index contributed by atoms with van der Waals surface area (Å²) in [5.74, 6) is 0. The molecule has 1 atom stereocenters. The van der Waals surface area contributed by atoms with E-state index in [0.29, 0.717) is 6.04 Å². The van der Waals surface area contributed by atoms with Crippen LogP contribution >= 0.6 is 0 Å². The van der Waals surface area contributed by atoms with Gasteiger partial charge in [-0.3, -0.25) is 0 Å². The number of nitrogens with zero attached hydrogens (tertiary/aromatic N) is 1. The van der Waals surface area contributed by atoms with Gasteiger partial charge in [-0.1, -0.05) is 0 Å². The molecule has 2 rings (SSSR count). The molecule has 4 heteroatoms. The number of likely N-dealkylation sites (N-methyl/N-ethyl adjacent to an activating group) is 1. The topological polar surface area (TPSA) is 43.1 Å². The molecule has 0 saturated carbocycles. The van der Waals surface area contributed by atoms with E-state index in [4.69, 9.17) is 0 Å². The highest BCUT2D eigenvalue weighted by Crippen LogP contribution is 1.96. The molecule has 1 saturated heterocycles. The van der Waals surface area contributed by atoms with Gasteiger partial charge in [0.2, 0.25) is 0 Å². The van der Waals surface area contributed by atoms with E-state index in [9.17, 15) is 0 Å². The fourth-order valence-electron chi connectivity index (χ4n) is 1.99. The average Bonchev–Trinajstić information content (AvgIpc) is 2.71. The number of piperazine rings is 1. The zero-order chi connectivity index (χ0) is 10.5. The highest BCUT2D eigenvalue weighted by molar-refractivity contribution is 5.02. The van der Waals surface area contributed by atoms with Gasteiger partial charge in [-0.2, -0.15) is 0 Å². The summed E-state index contributed by atoms with van der Waals surface area (Å²) in [7, 11) is 2.18. The minimum Gasteiger partial charge on any atom is -0.364 e. The number of aromatic amines is 1. The van der Waals surface area contributed by atoms with Crippen LogP contribution in [0.5, 0.6) is 0 Å². The first-order chi connectivity index (χ1) is 7.34. The molecule has 3 N–H and O–H groups in total. The number of rotatable bonds is 4. The quantitative estimate of drug-likeness (QED) is 0.653. The van der Waals surface area contributed by atoms with Crippen LogP contribution in [0.15, 0.2) is 18.3 Å². The van der Waals surface area contributed by atoms with Crippen molar-refractivity contribution in [3.63, 3.8) is 0 Å². The van der Waals surface area contributed by atoms with Crippen molar-refractivity contribution in [3.8, 4) is 0 Å². The summed E-state index contributed by atoms with van der Waals surface area (Å²) >= 11 is 0. The van der Waals surface area contributed by atoms with Crippen LogP contribution < -0.4 is 10.6 Å². The minimum atomic E-state index is 0.582. The Labute approximate surface area is 91.0 Å². The molecule has 1 aliphatic rings. The molecule has 0 amide bonds. The molecule has 1 unspecified atom stereocenters. The third-order valence-corrected chi connectivity index (χ3v) is 2.83. The van der Waals surface area contributed by atoms with Crippen molar-refractivity contribution in [1.29, 1.82) is 0 Å². The maximum absolute atomic E-state index is 3.52. The Morgan fingerprint density at radius 1 is 1.60 bits per heavy atom. The van der Waals surface area contributed by atoms with Crippen LogP contribution in [0.25, 0.3) is 0 Å². The Kier molecular flexibility index (Phi) is 3.77. The summed E-state index contributed by atoms with van der Waals surface area (Å²) in [6.07, 6.45) is 1.96. The van der Waals surface area contributed by atoms with Crippen LogP contribution in [-0.2, 0) is 6.54 Å². The van der Waals surface area contributed by atoms with Gasteiger partial charge >= 0.3 is 0 Å². The van der Waals surface area contributed by atoms with Crippen molar-refractivity contribution in [3.05, 3.63) is 24.0 Å². The number of hydrogen-bond acceptors (Lipinski definition) is 3. The molecule has 0 bridgehead atoms. The zero-order valence-electron chi connectivity index (χ0n) is 9.29. The Balaban J connectivity index is 1.65. The van der Waals surface area contributed by atoms with E-state index in [1.165, 1.54) is 5.69 Å². The molecule has 1 aliphatic heterocycles. The van der Waals surface area contributed by atoms with E-state index in [0.717, 1.165) is 32.7 Å². The molecule has 2 heterocycles. The first kappa shape index (κ1) is 10.7.